The first-order valence-corrected chi connectivity index (χ1v) is 6.50. The minimum Gasteiger partial charge on any atom is -0.481 e. The van der Waals surface area contributed by atoms with Gasteiger partial charge in [0.1, 0.15) is 23.6 Å². The predicted molar refractivity (Wildman–Crippen MR) is 72.6 cm³/mol. The quantitative estimate of drug-likeness (QED) is 0.625. The molecule has 2 rings (SSSR count). The first-order chi connectivity index (χ1) is 9.98. The molecule has 0 atom stereocenters. The number of nitrogens with one attached hydrogen (secondary N) is 1. The maximum atomic E-state index is 11.4. The number of nitro groups is 1. The van der Waals surface area contributed by atoms with Crippen LogP contribution in [0, 0.1) is 26.9 Å². The standard InChI is InChI=1S/C13H14N4O4/c14-6-9-5-10(17(20)21)7-15-11(9)16-8-13(12(18)19)3-1-2-4-13/h5,7H,1-4,8H2,(H,15,16)(H,18,19). The van der Waals surface area contributed by atoms with Crippen LogP contribution in [0.1, 0.15) is 31.2 Å². The Bertz CT molecular complexity index is 617. The zero-order valence-electron chi connectivity index (χ0n) is 11.2. The van der Waals surface area contributed by atoms with Gasteiger partial charge in [-0.05, 0) is 12.8 Å². The predicted octanol–water partition coefficient (Wildman–Crippen LogP) is 1.92. The molecule has 1 fully saturated rings. The minimum absolute atomic E-state index is 0.0303. The lowest BCUT2D eigenvalue weighted by Crippen LogP contribution is -2.35. The Hall–Kier alpha value is -2.69. The summed E-state index contributed by atoms with van der Waals surface area (Å²) in [6.07, 6.45) is 3.90. The monoisotopic (exact) mass is 290 g/mol. The Labute approximate surface area is 120 Å². The largest absolute Gasteiger partial charge is 0.481 e. The maximum absolute atomic E-state index is 11.4. The molecular weight excluding hydrogens is 276 g/mol. The fourth-order valence-corrected chi connectivity index (χ4v) is 2.55. The molecule has 0 aliphatic heterocycles. The van der Waals surface area contributed by atoms with Gasteiger partial charge in [0.15, 0.2) is 0 Å². The second-order valence-electron chi connectivity index (χ2n) is 5.10. The summed E-state index contributed by atoms with van der Waals surface area (Å²) < 4.78 is 0. The van der Waals surface area contributed by atoms with E-state index >= 15 is 0 Å². The summed E-state index contributed by atoms with van der Waals surface area (Å²) in [7, 11) is 0. The molecule has 0 radical (unpaired) electrons. The van der Waals surface area contributed by atoms with Crippen LogP contribution in [0.15, 0.2) is 12.3 Å². The average Bonchev–Trinajstić information content (AvgIpc) is 2.95. The Kier molecular flexibility index (Phi) is 4.03. The Morgan fingerprint density at radius 3 is 2.76 bits per heavy atom. The van der Waals surface area contributed by atoms with Gasteiger partial charge in [-0.25, -0.2) is 4.98 Å². The third-order valence-electron chi connectivity index (χ3n) is 3.81. The molecule has 0 aromatic carbocycles. The summed E-state index contributed by atoms with van der Waals surface area (Å²) in [6, 6.07) is 2.95. The molecule has 1 aromatic heterocycles. The number of hydrogen-bond donors (Lipinski definition) is 2. The second-order valence-corrected chi connectivity index (χ2v) is 5.10. The highest BCUT2D eigenvalue weighted by Crippen LogP contribution is 2.38. The van der Waals surface area contributed by atoms with Crippen LogP contribution in [-0.2, 0) is 4.79 Å². The second kappa shape index (κ2) is 5.75. The van der Waals surface area contributed by atoms with E-state index in [1.54, 1.807) is 0 Å². The molecule has 110 valence electrons. The Morgan fingerprint density at radius 2 is 2.24 bits per heavy atom. The fourth-order valence-electron chi connectivity index (χ4n) is 2.55. The molecule has 1 aliphatic rings. The molecule has 1 aromatic rings. The molecule has 8 nitrogen and oxygen atoms in total. The summed E-state index contributed by atoms with van der Waals surface area (Å²) in [5.41, 5.74) is -1.09. The van der Waals surface area contributed by atoms with Crippen LogP contribution in [0.25, 0.3) is 0 Å². The van der Waals surface area contributed by atoms with Crippen molar-refractivity contribution in [3.63, 3.8) is 0 Å². The molecule has 1 saturated carbocycles. The van der Waals surface area contributed by atoms with Crippen molar-refractivity contribution in [1.82, 2.24) is 4.98 Å². The topological polar surface area (TPSA) is 129 Å². The van der Waals surface area contributed by atoms with Crippen molar-refractivity contribution in [2.45, 2.75) is 25.7 Å². The van der Waals surface area contributed by atoms with E-state index in [0.29, 0.717) is 12.8 Å². The van der Waals surface area contributed by atoms with E-state index in [9.17, 15) is 20.0 Å². The molecule has 0 bridgehead atoms. The van der Waals surface area contributed by atoms with Gasteiger partial charge in [0.25, 0.3) is 5.69 Å². The van der Waals surface area contributed by atoms with E-state index in [4.69, 9.17) is 5.26 Å². The molecule has 1 heterocycles. The minimum atomic E-state index is -0.868. The molecule has 8 heteroatoms. The van der Waals surface area contributed by atoms with Crippen molar-refractivity contribution in [1.29, 1.82) is 5.26 Å². The van der Waals surface area contributed by atoms with Crippen molar-refractivity contribution in [3.05, 3.63) is 27.9 Å². The number of anilines is 1. The molecular formula is C13H14N4O4. The van der Waals surface area contributed by atoms with Gasteiger partial charge in [-0.1, -0.05) is 12.8 Å². The molecule has 0 unspecified atom stereocenters. The summed E-state index contributed by atoms with van der Waals surface area (Å²) in [5.74, 6) is -0.691. The van der Waals surface area contributed by atoms with Crippen LogP contribution in [-0.4, -0.2) is 27.5 Å². The number of aliphatic carboxylic acids is 1. The van der Waals surface area contributed by atoms with E-state index in [1.807, 2.05) is 6.07 Å². The molecule has 2 N–H and O–H groups in total. The lowest BCUT2D eigenvalue weighted by atomic mass is 9.86. The highest BCUT2D eigenvalue weighted by Gasteiger charge is 2.41. The first-order valence-electron chi connectivity index (χ1n) is 6.50. The van der Waals surface area contributed by atoms with Crippen LogP contribution in [0.5, 0.6) is 0 Å². The number of nitrogens with zero attached hydrogens (tertiary/aromatic N) is 3. The number of carboxylic acids is 1. The van der Waals surface area contributed by atoms with Gasteiger partial charge in [-0.2, -0.15) is 5.26 Å². The number of pyridine rings is 1. The Morgan fingerprint density at radius 1 is 1.57 bits per heavy atom. The molecule has 0 saturated heterocycles. The normalized spacial score (nSPS) is 16.1. The van der Waals surface area contributed by atoms with Gasteiger partial charge in [0.2, 0.25) is 0 Å². The zero-order chi connectivity index (χ0) is 15.5. The summed E-state index contributed by atoms with van der Waals surface area (Å²) in [5, 5.41) is 31.9. The summed E-state index contributed by atoms with van der Waals surface area (Å²) in [6.45, 7) is 0.155. The molecule has 21 heavy (non-hydrogen) atoms. The van der Waals surface area contributed by atoms with Gasteiger partial charge < -0.3 is 10.4 Å². The van der Waals surface area contributed by atoms with E-state index < -0.39 is 16.3 Å². The van der Waals surface area contributed by atoms with Crippen molar-refractivity contribution >= 4 is 17.5 Å². The van der Waals surface area contributed by atoms with Gasteiger partial charge in [0, 0.05) is 12.6 Å². The van der Waals surface area contributed by atoms with E-state index in [2.05, 4.69) is 10.3 Å². The number of carbonyl (C=O) groups is 1. The highest BCUT2D eigenvalue weighted by molar-refractivity contribution is 5.76. The smallest absolute Gasteiger partial charge is 0.311 e. The number of hydrogen-bond acceptors (Lipinski definition) is 6. The van der Waals surface area contributed by atoms with Crippen LogP contribution in [0.2, 0.25) is 0 Å². The number of carboxylic acid groups (broad SMARTS) is 1. The van der Waals surface area contributed by atoms with Crippen LogP contribution < -0.4 is 5.32 Å². The fraction of sp³-hybridized carbons (Fsp3) is 0.462. The van der Waals surface area contributed by atoms with Gasteiger partial charge in [0.05, 0.1) is 10.3 Å². The highest BCUT2D eigenvalue weighted by atomic mass is 16.6. The van der Waals surface area contributed by atoms with Crippen molar-refractivity contribution < 1.29 is 14.8 Å². The van der Waals surface area contributed by atoms with Gasteiger partial charge >= 0.3 is 5.97 Å². The van der Waals surface area contributed by atoms with Crippen molar-refractivity contribution in [2.75, 3.05) is 11.9 Å². The third kappa shape index (κ3) is 2.91. The lowest BCUT2D eigenvalue weighted by molar-refractivity contribution is -0.385. The molecule has 0 spiro atoms. The zero-order valence-corrected chi connectivity index (χ0v) is 11.2. The van der Waals surface area contributed by atoms with Crippen LogP contribution in [0.4, 0.5) is 11.5 Å². The molecule has 0 amide bonds. The molecule has 1 aliphatic carbocycles. The van der Waals surface area contributed by atoms with Gasteiger partial charge in [-0.15, -0.1) is 0 Å². The van der Waals surface area contributed by atoms with Crippen LogP contribution >= 0.6 is 0 Å². The van der Waals surface area contributed by atoms with Gasteiger partial charge in [-0.3, -0.25) is 14.9 Å². The maximum Gasteiger partial charge on any atom is 0.311 e. The average molecular weight is 290 g/mol. The van der Waals surface area contributed by atoms with Crippen molar-refractivity contribution in [3.8, 4) is 6.07 Å². The Balaban J connectivity index is 2.18. The lowest BCUT2D eigenvalue weighted by Gasteiger charge is -2.24. The van der Waals surface area contributed by atoms with E-state index in [0.717, 1.165) is 25.1 Å². The number of rotatable bonds is 5. The first kappa shape index (κ1) is 14.7. The third-order valence-corrected chi connectivity index (χ3v) is 3.81. The summed E-state index contributed by atoms with van der Waals surface area (Å²) in [4.78, 5) is 25.3. The van der Waals surface area contributed by atoms with Crippen LogP contribution in [0.3, 0.4) is 0 Å². The summed E-state index contributed by atoms with van der Waals surface area (Å²) >= 11 is 0. The number of nitriles is 1. The SMILES string of the molecule is N#Cc1cc([N+](=O)[O-])cnc1NCC1(C(=O)O)CCCC1. The van der Waals surface area contributed by atoms with E-state index in [1.165, 1.54) is 0 Å². The van der Waals surface area contributed by atoms with E-state index in [-0.39, 0.29) is 23.6 Å². The van der Waals surface area contributed by atoms with Crippen molar-refractivity contribution in [2.24, 2.45) is 5.41 Å². The number of aromatic nitrogens is 1.